The van der Waals surface area contributed by atoms with Gasteiger partial charge in [0, 0.05) is 6.54 Å². The Hall–Kier alpha value is -1.72. The predicted octanol–water partition coefficient (Wildman–Crippen LogP) is 1.13. The van der Waals surface area contributed by atoms with Gasteiger partial charge in [0.25, 0.3) is 0 Å². The van der Waals surface area contributed by atoms with Crippen LogP contribution in [0, 0.1) is 5.41 Å². The number of carbonyl (C=O) groups is 1. The minimum Gasteiger partial charge on any atom is -0.480 e. The van der Waals surface area contributed by atoms with Gasteiger partial charge in [-0.3, -0.25) is 15.1 Å². The molecule has 0 amide bonds. The van der Waals surface area contributed by atoms with Crippen LogP contribution in [0.15, 0.2) is 0 Å². The Morgan fingerprint density at radius 2 is 1.64 bits per heavy atom. The second-order valence-electron chi connectivity index (χ2n) is 4.47. The lowest BCUT2D eigenvalue weighted by Crippen LogP contribution is -2.50. The summed E-state index contributed by atoms with van der Waals surface area (Å²) in [5.41, 5.74) is 4.94. The van der Waals surface area contributed by atoms with Gasteiger partial charge in [-0.2, -0.15) is 26.3 Å². The number of carboxylic acids is 1. The van der Waals surface area contributed by atoms with Crippen LogP contribution in [0.1, 0.15) is 12.8 Å². The van der Waals surface area contributed by atoms with E-state index in [1.165, 1.54) is 0 Å². The SMILES string of the molecule is N=C(N)NCCC[C@@H](C(=O)O)N(CC(F)(F)F)CC(F)(F)F. The standard InChI is InChI=1S/C10H16F6N4O2/c11-9(12,13)4-20(5-10(14,15)16)6(7(21)22)2-1-3-19-8(17)18/h6H,1-5H2,(H,21,22)(H4,17,18,19)/t6-/m0/s1. The summed E-state index contributed by atoms with van der Waals surface area (Å²) in [6, 6.07) is -1.95. The molecule has 0 bridgehead atoms. The lowest BCUT2D eigenvalue weighted by atomic mass is 10.1. The average molecular weight is 338 g/mol. The van der Waals surface area contributed by atoms with Crippen LogP contribution in [0.4, 0.5) is 26.3 Å². The number of aliphatic carboxylic acids is 1. The maximum Gasteiger partial charge on any atom is 0.401 e. The van der Waals surface area contributed by atoms with E-state index in [0.29, 0.717) is 0 Å². The van der Waals surface area contributed by atoms with Crippen molar-refractivity contribution in [3.8, 4) is 0 Å². The summed E-state index contributed by atoms with van der Waals surface area (Å²) < 4.78 is 74.0. The zero-order valence-electron chi connectivity index (χ0n) is 11.3. The van der Waals surface area contributed by atoms with Crippen LogP contribution in [0.5, 0.6) is 0 Å². The van der Waals surface area contributed by atoms with Crippen LogP contribution in [0.3, 0.4) is 0 Å². The van der Waals surface area contributed by atoms with Crippen molar-refractivity contribution in [1.29, 1.82) is 5.41 Å². The first kappa shape index (κ1) is 20.3. The number of rotatable bonds is 8. The zero-order chi connectivity index (χ0) is 17.6. The van der Waals surface area contributed by atoms with E-state index in [1.54, 1.807) is 0 Å². The Morgan fingerprint density at radius 1 is 1.18 bits per heavy atom. The third kappa shape index (κ3) is 10.1. The van der Waals surface area contributed by atoms with Gasteiger partial charge < -0.3 is 16.2 Å². The molecule has 0 heterocycles. The molecule has 0 rings (SSSR count). The molecule has 130 valence electrons. The average Bonchev–Trinajstić information content (AvgIpc) is 2.22. The Morgan fingerprint density at radius 3 is 1.95 bits per heavy atom. The van der Waals surface area contributed by atoms with Crippen molar-refractivity contribution in [2.24, 2.45) is 5.73 Å². The number of alkyl halides is 6. The fraction of sp³-hybridized carbons (Fsp3) is 0.800. The van der Waals surface area contributed by atoms with Crippen molar-refractivity contribution < 1.29 is 36.2 Å². The highest BCUT2D eigenvalue weighted by molar-refractivity contribution is 5.74. The third-order valence-electron chi connectivity index (χ3n) is 2.46. The Kier molecular flexibility index (Phi) is 7.43. The summed E-state index contributed by atoms with van der Waals surface area (Å²) >= 11 is 0. The number of nitrogens with two attached hydrogens (primary N) is 1. The lowest BCUT2D eigenvalue weighted by molar-refractivity contribution is -0.191. The second-order valence-corrected chi connectivity index (χ2v) is 4.47. The van der Waals surface area contributed by atoms with E-state index < -0.39 is 49.8 Å². The molecule has 1 atom stereocenters. The normalized spacial score (nSPS) is 14.0. The first-order chi connectivity index (χ1) is 9.82. The fourth-order valence-corrected chi connectivity index (χ4v) is 1.72. The van der Waals surface area contributed by atoms with Gasteiger partial charge in [-0.05, 0) is 12.8 Å². The summed E-state index contributed by atoms with van der Waals surface area (Å²) in [7, 11) is 0. The molecule has 0 unspecified atom stereocenters. The van der Waals surface area contributed by atoms with Crippen LogP contribution >= 0.6 is 0 Å². The first-order valence-corrected chi connectivity index (χ1v) is 6.00. The molecule has 0 aliphatic rings. The number of guanidine groups is 1. The van der Waals surface area contributed by atoms with Gasteiger partial charge in [-0.25, -0.2) is 0 Å². The van der Waals surface area contributed by atoms with Crippen molar-refractivity contribution in [2.45, 2.75) is 31.2 Å². The highest BCUT2D eigenvalue weighted by atomic mass is 19.4. The van der Waals surface area contributed by atoms with E-state index in [4.69, 9.17) is 16.2 Å². The van der Waals surface area contributed by atoms with E-state index >= 15 is 0 Å². The van der Waals surface area contributed by atoms with Crippen molar-refractivity contribution in [3.63, 3.8) is 0 Å². The molecule has 0 aliphatic heterocycles. The summed E-state index contributed by atoms with van der Waals surface area (Å²) in [6.45, 7) is -4.00. The van der Waals surface area contributed by atoms with Gasteiger partial charge in [0.15, 0.2) is 5.96 Å². The van der Waals surface area contributed by atoms with Crippen molar-refractivity contribution in [2.75, 3.05) is 19.6 Å². The molecule has 0 aromatic heterocycles. The van der Waals surface area contributed by atoms with Gasteiger partial charge >= 0.3 is 18.3 Å². The fourth-order valence-electron chi connectivity index (χ4n) is 1.72. The molecule has 6 nitrogen and oxygen atoms in total. The topological polar surface area (TPSA) is 102 Å². The molecular formula is C10H16F6N4O2. The van der Waals surface area contributed by atoms with Gasteiger partial charge in [0.05, 0.1) is 13.1 Å². The molecule has 0 saturated carbocycles. The molecule has 22 heavy (non-hydrogen) atoms. The largest absolute Gasteiger partial charge is 0.480 e. The van der Waals surface area contributed by atoms with Crippen molar-refractivity contribution in [3.05, 3.63) is 0 Å². The Bertz CT molecular complexity index is 369. The number of carboxylic acid groups (broad SMARTS) is 1. The highest BCUT2D eigenvalue weighted by Gasteiger charge is 2.42. The summed E-state index contributed by atoms with van der Waals surface area (Å²) in [6.07, 6.45) is -10.4. The number of nitrogens with one attached hydrogen (secondary N) is 2. The summed E-state index contributed by atoms with van der Waals surface area (Å²) in [5.74, 6) is -2.22. The van der Waals surface area contributed by atoms with Crippen molar-refractivity contribution in [1.82, 2.24) is 10.2 Å². The zero-order valence-corrected chi connectivity index (χ0v) is 11.3. The molecule has 0 aromatic rings. The number of hydrogen-bond donors (Lipinski definition) is 4. The minimum atomic E-state index is -4.96. The monoisotopic (exact) mass is 338 g/mol. The van der Waals surface area contributed by atoms with Crippen LogP contribution < -0.4 is 11.1 Å². The minimum absolute atomic E-state index is 0.0367. The van der Waals surface area contributed by atoms with Crippen LogP contribution in [0.25, 0.3) is 0 Å². The quantitative estimate of drug-likeness (QED) is 0.230. The van der Waals surface area contributed by atoms with Crippen LogP contribution in [-0.4, -0.2) is 60.0 Å². The van der Waals surface area contributed by atoms with Gasteiger partial charge in [-0.1, -0.05) is 0 Å². The van der Waals surface area contributed by atoms with Crippen molar-refractivity contribution >= 4 is 11.9 Å². The van der Waals surface area contributed by atoms with Gasteiger partial charge in [0.1, 0.15) is 6.04 Å². The van der Waals surface area contributed by atoms with Crippen LogP contribution in [-0.2, 0) is 4.79 Å². The molecule has 0 aliphatic carbocycles. The maximum absolute atomic E-state index is 12.3. The maximum atomic E-state index is 12.3. The predicted molar refractivity (Wildman–Crippen MR) is 64.3 cm³/mol. The Labute approximate surface area is 121 Å². The Balaban J connectivity index is 4.90. The summed E-state index contributed by atoms with van der Waals surface area (Å²) in [5, 5.41) is 18.0. The van der Waals surface area contributed by atoms with E-state index in [1.807, 2.05) is 0 Å². The van der Waals surface area contributed by atoms with Gasteiger partial charge in [0.2, 0.25) is 0 Å². The number of halogens is 6. The van der Waals surface area contributed by atoms with Gasteiger partial charge in [-0.15, -0.1) is 0 Å². The van der Waals surface area contributed by atoms with E-state index in [9.17, 15) is 31.1 Å². The second kappa shape index (κ2) is 8.06. The third-order valence-corrected chi connectivity index (χ3v) is 2.46. The van der Waals surface area contributed by atoms with E-state index in [0.717, 1.165) is 0 Å². The first-order valence-electron chi connectivity index (χ1n) is 6.00. The molecule has 0 spiro atoms. The van der Waals surface area contributed by atoms with E-state index in [-0.39, 0.29) is 17.9 Å². The van der Waals surface area contributed by atoms with E-state index in [2.05, 4.69) is 5.32 Å². The lowest BCUT2D eigenvalue weighted by Gasteiger charge is -2.30. The van der Waals surface area contributed by atoms with Crippen LogP contribution in [0.2, 0.25) is 0 Å². The highest BCUT2D eigenvalue weighted by Crippen LogP contribution is 2.24. The molecule has 0 radical (unpaired) electrons. The molecule has 12 heteroatoms. The summed E-state index contributed by atoms with van der Waals surface area (Å²) in [4.78, 5) is 10.8. The molecular weight excluding hydrogens is 322 g/mol. The number of nitrogens with zero attached hydrogens (tertiary/aromatic N) is 1. The smallest absolute Gasteiger partial charge is 0.401 e. The molecule has 0 fully saturated rings. The molecule has 0 aromatic carbocycles. The molecule has 0 saturated heterocycles. The number of hydrogen-bond acceptors (Lipinski definition) is 3. The molecule has 5 N–H and O–H groups in total.